The van der Waals surface area contributed by atoms with Gasteiger partial charge in [-0.15, -0.1) is 24.0 Å². The Kier molecular flexibility index (Phi) is 13.1. The average molecular weight is 405 g/mol. The first-order valence-electron chi connectivity index (χ1n) is 6.61. The summed E-state index contributed by atoms with van der Waals surface area (Å²) in [5.41, 5.74) is 0. The summed E-state index contributed by atoms with van der Waals surface area (Å²) in [5.74, 6) is 0.974. The highest BCUT2D eigenvalue weighted by Crippen LogP contribution is 1.96. The molecule has 0 aliphatic carbocycles. The van der Waals surface area contributed by atoms with Gasteiger partial charge in [-0.2, -0.15) is 0 Å². The smallest absolute Gasteiger partial charge is 0.191 e. The second kappa shape index (κ2) is 11.7. The molecule has 0 rings (SSSR count). The quantitative estimate of drug-likeness (QED) is 0.280. The highest BCUT2D eigenvalue weighted by atomic mass is 127. The molecule has 7 heteroatoms. The lowest BCUT2D eigenvalue weighted by Crippen LogP contribution is -2.42. The number of hydrogen-bond acceptors (Lipinski definition) is 3. The number of guanidine groups is 1. The van der Waals surface area contributed by atoms with Gasteiger partial charge >= 0.3 is 0 Å². The maximum Gasteiger partial charge on any atom is 0.191 e. The van der Waals surface area contributed by atoms with Gasteiger partial charge < -0.3 is 10.6 Å². The van der Waals surface area contributed by atoms with E-state index in [0.717, 1.165) is 31.9 Å². The lowest BCUT2D eigenvalue weighted by atomic mass is 10.3. The van der Waals surface area contributed by atoms with Gasteiger partial charge in [0, 0.05) is 25.4 Å². The highest BCUT2D eigenvalue weighted by molar-refractivity contribution is 14.0. The molecule has 0 heterocycles. The van der Waals surface area contributed by atoms with Crippen molar-refractivity contribution in [3.05, 3.63) is 0 Å². The minimum absolute atomic E-state index is 0. The van der Waals surface area contributed by atoms with Crippen LogP contribution in [-0.2, 0) is 9.84 Å². The van der Waals surface area contributed by atoms with Crippen LogP contribution in [0.25, 0.3) is 0 Å². The predicted octanol–water partition coefficient (Wildman–Crippen LogP) is 1.78. The summed E-state index contributed by atoms with van der Waals surface area (Å²) in [6.07, 6.45) is 4.04. The molecule has 1 atom stereocenters. The Morgan fingerprint density at radius 2 is 1.95 bits per heavy atom. The molecule has 0 aliphatic heterocycles. The molecular formula is C12H28IN3O2S. The number of rotatable bonds is 8. The summed E-state index contributed by atoms with van der Waals surface area (Å²) in [4.78, 5) is 4.43. The molecule has 5 nitrogen and oxygen atoms in total. The van der Waals surface area contributed by atoms with E-state index < -0.39 is 9.84 Å². The lowest BCUT2D eigenvalue weighted by Gasteiger charge is -2.17. The van der Waals surface area contributed by atoms with Gasteiger partial charge in [-0.25, -0.2) is 8.42 Å². The predicted molar refractivity (Wildman–Crippen MR) is 93.2 cm³/mol. The Balaban J connectivity index is 0. The van der Waals surface area contributed by atoms with Gasteiger partial charge in [-0.3, -0.25) is 4.99 Å². The first-order chi connectivity index (χ1) is 8.39. The van der Waals surface area contributed by atoms with Crippen LogP contribution in [0.1, 0.15) is 40.0 Å². The van der Waals surface area contributed by atoms with Gasteiger partial charge in [0.15, 0.2) is 5.96 Å². The Morgan fingerprint density at radius 3 is 2.42 bits per heavy atom. The fraction of sp³-hybridized carbons (Fsp3) is 0.917. The minimum atomic E-state index is -2.89. The van der Waals surface area contributed by atoms with Crippen molar-refractivity contribution >= 4 is 39.8 Å². The van der Waals surface area contributed by atoms with Crippen LogP contribution in [0.3, 0.4) is 0 Å². The monoisotopic (exact) mass is 405 g/mol. The van der Waals surface area contributed by atoms with Crippen molar-refractivity contribution in [3.8, 4) is 0 Å². The molecule has 0 saturated carbocycles. The summed E-state index contributed by atoms with van der Waals surface area (Å²) in [5, 5.41) is 6.38. The van der Waals surface area contributed by atoms with Crippen LogP contribution in [0.15, 0.2) is 4.99 Å². The van der Waals surface area contributed by atoms with Crippen LogP contribution >= 0.6 is 24.0 Å². The van der Waals surface area contributed by atoms with E-state index >= 15 is 0 Å². The van der Waals surface area contributed by atoms with Crippen LogP contribution < -0.4 is 10.6 Å². The van der Waals surface area contributed by atoms with E-state index in [2.05, 4.69) is 22.5 Å². The third kappa shape index (κ3) is 14.2. The molecule has 0 bridgehead atoms. The Bertz CT molecular complexity index is 345. The maximum atomic E-state index is 11.1. The second-order valence-corrected chi connectivity index (χ2v) is 6.84. The van der Waals surface area contributed by atoms with E-state index in [1.807, 2.05) is 13.8 Å². The van der Waals surface area contributed by atoms with Crippen molar-refractivity contribution in [3.63, 3.8) is 0 Å². The molecule has 0 fully saturated rings. The summed E-state index contributed by atoms with van der Waals surface area (Å²) in [6.45, 7) is 7.71. The Morgan fingerprint density at radius 1 is 1.32 bits per heavy atom. The normalized spacial score (nSPS) is 13.6. The van der Waals surface area contributed by atoms with Crippen LogP contribution in [0.2, 0.25) is 0 Å². The highest BCUT2D eigenvalue weighted by Gasteiger charge is 2.09. The van der Waals surface area contributed by atoms with E-state index in [1.54, 1.807) is 0 Å². The van der Waals surface area contributed by atoms with E-state index in [1.165, 1.54) is 6.26 Å². The van der Waals surface area contributed by atoms with Crippen molar-refractivity contribution < 1.29 is 8.42 Å². The zero-order chi connectivity index (χ0) is 14.0. The van der Waals surface area contributed by atoms with Crippen LogP contribution in [0.5, 0.6) is 0 Å². The van der Waals surface area contributed by atoms with Gasteiger partial charge in [-0.1, -0.05) is 13.3 Å². The van der Waals surface area contributed by atoms with Crippen molar-refractivity contribution in [2.75, 3.05) is 25.1 Å². The number of hydrogen-bond donors (Lipinski definition) is 2. The fourth-order valence-corrected chi connectivity index (χ4v) is 2.15. The standard InChI is InChI=1S/C12H27N3O2S.HI/c1-5-7-9-14-12(13-6-2)15-11(3)8-10-18(4,16)17;/h11H,5-10H2,1-4H3,(H2,13,14,15);1H. The van der Waals surface area contributed by atoms with Gasteiger partial charge in [-0.05, 0) is 26.7 Å². The van der Waals surface area contributed by atoms with E-state index in [-0.39, 0.29) is 35.8 Å². The average Bonchev–Trinajstić information content (AvgIpc) is 2.26. The van der Waals surface area contributed by atoms with Gasteiger partial charge in [0.2, 0.25) is 0 Å². The number of sulfone groups is 1. The summed E-state index contributed by atoms with van der Waals surface area (Å²) < 4.78 is 22.2. The molecule has 0 aromatic carbocycles. The summed E-state index contributed by atoms with van der Waals surface area (Å²) in [6, 6.07) is 0.0964. The minimum Gasteiger partial charge on any atom is -0.357 e. The first kappa shape index (κ1) is 21.3. The largest absolute Gasteiger partial charge is 0.357 e. The Hall–Kier alpha value is -0.0500. The Labute approximate surface area is 135 Å². The number of halogens is 1. The SMILES string of the molecule is CCCCN=C(NCC)NC(C)CCS(C)(=O)=O.I. The van der Waals surface area contributed by atoms with Crippen LogP contribution in [-0.4, -0.2) is 45.5 Å². The molecule has 0 radical (unpaired) electrons. The number of nitrogens with zero attached hydrogens (tertiary/aromatic N) is 1. The number of unbranched alkanes of at least 4 members (excludes halogenated alkanes) is 1. The van der Waals surface area contributed by atoms with Crippen molar-refractivity contribution in [2.45, 2.75) is 46.1 Å². The molecule has 0 saturated heterocycles. The zero-order valence-corrected chi connectivity index (χ0v) is 15.5. The molecule has 0 aromatic heterocycles. The molecule has 0 aromatic rings. The second-order valence-electron chi connectivity index (χ2n) is 4.58. The topological polar surface area (TPSA) is 70.6 Å². The lowest BCUT2D eigenvalue weighted by molar-refractivity contribution is 0.581. The fourth-order valence-electron chi connectivity index (χ4n) is 1.37. The molecule has 0 spiro atoms. The molecule has 0 amide bonds. The zero-order valence-electron chi connectivity index (χ0n) is 12.4. The third-order valence-corrected chi connectivity index (χ3v) is 3.41. The van der Waals surface area contributed by atoms with Crippen LogP contribution in [0.4, 0.5) is 0 Å². The van der Waals surface area contributed by atoms with E-state index in [4.69, 9.17) is 0 Å². The van der Waals surface area contributed by atoms with Crippen molar-refractivity contribution in [1.82, 2.24) is 10.6 Å². The summed E-state index contributed by atoms with van der Waals surface area (Å²) in [7, 11) is -2.89. The first-order valence-corrected chi connectivity index (χ1v) is 8.67. The van der Waals surface area contributed by atoms with Crippen LogP contribution in [0, 0.1) is 0 Å². The van der Waals surface area contributed by atoms with E-state index in [0.29, 0.717) is 6.42 Å². The molecule has 1 unspecified atom stereocenters. The van der Waals surface area contributed by atoms with Gasteiger partial charge in [0.05, 0.1) is 5.75 Å². The van der Waals surface area contributed by atoms with Gasteiger partial charge in [0.1, 0.15) is 9.84 Å². The van der Waals surface area contributed by atoms with Crippen molar-refractivity contribution in [1.29, 1.82) is 0 Å². The molecule has 19 heavy (non-hydrogen) atoms. The molecule has 0 aliphatic rings. The maximum absolute atomic E-state index is 11.1. The number of nitrogens with one attached hydrogen (secondary N) is 2. The van der Waals surface area contributed by atoms with Crippen molar-refractivity contribution in [2.24, 2.45) is 4.99 Å². The summed E-state index contributed by atoms with van der Waals surface area (Å²) >= 11 is 0. The molecule has 116 valence electrons. The third-order valence-electron chi connectivity index (χ3n) is 2.43. The number of aliphatic imine (C=N–C) groups is 1. The van der Waals surface area contributed by atoms with Gasteiger partial charge in [0.25, 0.3) is 0 Å². The van der Waals surface area contributed by atoms with E-state index in [9.17, 15) is 8.42 Å². The molecular weight excluding hydrogens is 377 g/mol. The molecule has 2 N–H and O–H groups in total.